The summed E-state index contributed by atoms with van der Waals surface area (Å²) in [5, 5.41) is 4.78. The number of carbonyl (C=O) groups excluding carboxylic acids is 1. The van der Waals surface area contributed by atoms with Crippen molar-refractivity contribution in [1.29, 1.82) is 0 Å². The number of nitrogens with zero attached hydrogens (tertiary/aromatic N) is 2. The number of hydrogen-bond donors (Lipinski definition) is 1. The first-order chi connectivity index (χ1) is 9.00. The zero-order valence-electron chi connectivity index (χ0n) is 11.4. The topological polar surface area (TPSA) is 93.4 Å². The van der Waals surface area contributed by atoms with Gasteiger partial charge in [-0.25, -0.2) is 18.5 Å². The summed E-state index contributed by atoms with van der Waals surface area (Å²) in [5.74, 6) is -0.259. The Bertz CT molecular complexity index is 648. The second-order valence-electron chi connectivity index (χ2n) is 5.79. The lowest BCUT2D eigenvalue weighted by atomic mass is 9.93. The Hall–Kier alpha value is -0.510. The molecule has 6 nitrogen and oxygen atoms in total. The van der Waals surface area contributed by atoms with Crippen LogP contribution in [0.1, 0.15) is 32.9 Å². The number of hydrogen-bond acceptors (Lipinski definition) is 5. The molecule has 0 radical (unpaired) electrons. The van der Waals surface area contributed by atoms with Gasteiger partial charge in [0.25, 0.3) is 0 Å². The number of halogens is 1. The normalized spacial score (nSPS) is 20.8. The van der Waals surface area contributed by atoms with Crippen LogP contribution in [-0.2, 0) is 20.2 Å². The van der Waals surface area contributed by atoms with Crippen molar-refractivity contribution in [3.8, 4) is 0 Å². The van der Waals surface area contributed by atoms with Gasteiger partial charge in [0.2, 0.25) is 15.9 Å². The third-order valence-corrected chi connectivity index (χ3v) is 6.04. The highest BCUT2D eigenvalue weighted by Gasteiger charge is 2.39. The van der Waals surface area contributed by atoms with E-state index < -0.39 is 15.3 Å². The van der Waals surface area contributed by atoms with Gasteiger partial charge in [-0.1, -0.05) is 32.1 Å². The maximum atomic E-state index is 12.0. The summed E-state index contributed by atoms with van der Waals surface area (Å²) < 4.78 is 23.6. The minimum absolute atomic E-state index is 0.0706. The monoisotopic (exact) mass is 381 g/mol. The fourth-order valence-corrected chi connectivity index (χ4v) is 4.83. The lowest BCUT2D eigenvalue weighted by Gasteiger charge is -2.16. The molecule has 112 valence electrons. The molecule has 1 fully saturated rings. The molecule has 1 aromatic heterocycles. The van der Waals surface area contributed by atoms with Crippen LogP contribution in [0.2, 0.25) is 0 Å². The molecule has 2 N–H and O–H groups in total. The zero-order valence-corrected chi connectivity index (χ0v) is 14.6. The standard InChI is InChI=1S/C11H16BrN3O3S2/c1-11(2,3)8-9(12)19-10(14-8)15-5-6(4-7(15)16)20(13,17)18/h6H,4-5H2,1-3H3,(H2,13,17,18). The van der Waals surface area contributed by atoms with Crippen LogP contribution in [0.5, 0.6) is 0 Å². The van der Waals surface area contributed by atoms with Crippen molar-refractivity contribution in [2.75, 3.05) is 11.4 Å². The van der Waals surface area contributed by atoms with Crippen molar-refractivity contribution in [2.45, 2.75) is 37.9 Å². The first kappa shape index (κ1) is 15.9. The van der Waals surface area contributed by atoms with Crippen molar-refractivity contribution >= 4 is 48.3 Å². The van der Waals surface area contributed by atoms with Gasteiger partial charge in [-0.15, -0.1) is 0 Å². The molecule has 1 saturated heterocycles. The average Bonchev–Trinajstić information content (AvgIpc) is 2.79. The summed E-state index contributed by atoms with van der Waals surface area (Å²) in [4.78, 5) is 17.8. The Labute approximate surface area is 130 Å². The minimum Gasteiger partial charge on any atom is -0.287 e. The Morgan fingerprint density at radius 3 is 2.45 bits per heavy atom. The van der Waals surface area contributed by atoms with E-state index in [4.69, 9.17) is 5.14 Å². The Morgan fingerprint density at radius 1 is 1.45 bits per heavy atom. The number of amides is 1. The molecular weight excluding hydrogens is 366 g/mol. The zero-order chi connectivity index (χ0) is 15.3. The van der Waals surface area contributed by atoms with Gasteiger partial charge in [-0.3, -0.25) is 9.69 Å². The van der Waals surface area contributed by atoms with Gasteiger partial charge < -0.3 is 0 Å². The van der Waals surface area contributed by atoms with Crippen LogP contribution in [0, 0.1) is 0 Å². The second kappa shape index (κ2) is 5.04. The van der Waals surface area contributed by atoms with Crippen LogP contribution in [0.15, 0.2) is 3.79 Å². The molecule has 1 atom stereocenters. The maximum Gasteiger partial charge on any atom is 0.230 e. The van der Waals surface area contributed by atoms with Crippen LogP contribution in [-0.4, -0.2) is 31.1 Å². The molecule has 1 aliphatic rings. The predicted molar refractivity (Wildman–Crippen MR) is 82.4 cm³/mol. The molecule has 2 rings (SSSR count). The number of sulfonamides is 1. The lowest BCUT2D eigenvalue weighted by Crippen LogP contribution is -2.32. The first-order valence-corrected chi connectivity index (χ1v) is 9.21. The van der Waals surface area contributed by atoms with E-state index in [0.717, 1.165) is 9.48 Å². The molecule has 0 bridgehead atoms. The Balaban J connectivity index is 2.32. The second-order valence-corrected chi connectivity index (χ2v) is 9.93. The predicted octanol–water partition coefficient (Wildman–Crippen LogP) is 1.60. The van der Waals surface area contributed by atoms with Crippen LogP contribution in [0.3, 0.4) is 0 Å². The number of nitrogens with two attached hydrogens (primary N) is 1. The van der Waals surface area contributed by atoms with Gasteiger partial charge in [0.05, 0.1) is 9.48 Å². The number of aromatic nitrogens is 1. The van der Waals surface area contributed by atoms with Crippen molar-refractivity contribution in [1.82, 2.24) is 4.98 Å². The molecule has 0 spiro atoms. The number of primary sulfonamides is 1. The first-order valence-electron chi connectivity index (χ1n) is 5.99. The van der Waals surface area contributed by atoms with Gasteiger partial charge in [0.1, 0.15) is 5.25 Å². The quantitative estimate of drug-likeness (QED) is 0.841. The fourth-order valence-electron chi connectivity index (χ4n) is 1.95. The highest BCUT2D eigenvalue weighted by molar-refractivity contribution is 9.11. The van der Waals surface area contributed by atoms with Gasteiger partial charge in [0, 0.05) is 18.4 Å². The molecule has 0 saturated carbocycles. The summed E-state index contributed by atoms with van der Waals surface area (Å²) in [6.45, 7) is 6.14. The molecule has 1 amide bonds. The molecule has 0 aromatic carbocycles. The van der Waals surface area contributed by atoms with Crippen LogP contribution >= 0.6 is 27.3 Å². The smallest absolute Gasteiger partial charge is 0.230 e. The summed E-state index contributed by atoms with van der Waals surface area (Å²) >= 11 is 4.78. The molecular formula is C11H16BrN3O3S2. The van der Waals surface area contributed by atoms with Gasteiger partial charge in [-0.05, 0) is 15.9 Å². The van der Waals surface area contributed by atoms with Gasteiger partial charge in [-0.2, -0.15) is 0 Å². The highest BCUT2D eigenvalue weighted by Crippen LogP contribution is 2.38. The Morgan fingerprint density at radius 2 is 2.05 bits per heavy atom. The number of anilines is 1. The van der Waals surface area contributed by atoms with Crippen molar-refractivity contribution in [2.24, 2.45) is 5.14 Å². The summed E-state index contributed by atoms with van der Waals surface area (Å²) in [7, 11) is -3.71. The van der Waals surface area contributed by atoms with Crippen molar-refractivity contribution < 1.29 is 13.2 Å². The molecule has 1 aliphatic heterocycles. The lowest BCUT2D eigenvalue weighted by molar-refractivity contribution is -0.117. The van der Waals surface area contributed by atoms with E-state index in [9.17, 15) is 13.2 Å². The summed E-state index contributed by atoms with van der Waals surface area (Å²) in [5.41, 5.74) is 0.694. The van der Waals surface area contributed by atoms with Crippen LogP contribution in [0.25, 0.3) is 0 Å². The van der Waals surface area contributed by atoms with Gasteiger partial charge >= 0.3 is 0 Å². The van der Waals surface area contributed by atoms with E-state index in [1.165, 1.54) is 16.2 Å². The van der Waals surface area contributed by atoms with E-state index >= 15 is 0 Å². The van der Waals surface area contributed by atoms with E-state index in [2.05, 4.69) is 20.9 Å². The summed E-state index contributed by atoms with van der Waals surface area (Å²) in [6, 6.07) is 0. The van der Waals surface area contributed by atoms with Crippen LogP contribution < -0.4 is 10.0 Å². The average molecular weight is 382 g/mol. The van der Waals surface area contributed by atoms with Crippen molar-refractivity contribution in [3.05, 3.63) is 9.48 Å². The van der Waals surface area contributed by atoms with E-state index in [1.807, 2.05) is 20.8 Å². The summed E-state index contributed by atoms with van der Waals surface area (Å²) in [6.07, 6.45) is -0.0825. The highest BCUT2D eigenvalue weighted by atomic mass is 79.9. The number of rotatable bonds is 2. The Kier molecular flexibility index (Phi) is 4.00. The fraction of sp³-hybridized carbons (Fsp3) is 0.636. The number of carbonyl (C=O) groups is 1. The third-order valence-electron chi connectivity index (χ3n) is 3.07. The molecule has 1 unspecified atom stereocenters. The largest absolute Gasteiger partial charge is 0.287 e. The third kappa shape index (κ3) is 3.05. The maximum absolute atomic E-state index is 12.0. The van der Waals surface area contributed by atoms with E-state index in [1.54, 1.807) is 0 Å². The van der Waals surface area contributed by atoms with Crippen molar-refractivity contribution in [3.63, 3.8) is 0 Å². The molecule has 1 aromatic rings. The molecule has 0 aliphatic carbocycles. The van der Waals surface area contributed by atoms with Crippen LogP contribution in [0.4, 0.5) is 5.13 Å². The van der Waals surface area contributed by atoms with E-state index in [-0.39, 0.29) is 24.3 Å². The molecule has 20 heavy (non-hydrogen) atoms. The molecule has 2 heterocycles. The minimum atomic E-state index is -3.71. The SMILES string of the molecule is CC(C)(C)c1nc(N2CC(S(N)(=O)=O)CC2=O)sc1Br. The van der Waals surface area contributed by atoms with E-state index in [0.29, 0.717) is 5.13 Å². The molecule has 9 heteroatoms. The van der Waals surface area contributed by atoms with Gasteiger partial charge in [0.15, 0.2) is 5.13 Å². The number of thiazole rings is 1.